The van der Waals surface area contributed by atoms with Gasteiger partial charge in [0.05, 0.1) is 30.5 Å². The lowest BCUT2D eigenvalue weighted by molar-refractivity contribution is -0.128. The van der Waals surface area contributed by atoms with Crippen LogP contribution in [0, 0.1) is 12.8 Å². The topological polar surface area (TPSA) is 81.8 Å². The summed E-state index contributed by atoms with van der Waals surface area (Å²) in [6.45, 7) is 8.18. The number of carbonyl (C=O) groups is 3. The summed E-state index contributed by atoms with van der Waals surface area (Å²) in [7, 11) is 1.70. The Morgan fingerprint density at radius 2 is 1.65 bits per heavy atom. The van der Waals surface area contributed by atoms with E-state index in [4.69, 9.17) is 0 Å². The van der Waals surface area contributed by atoms with Crippen LogP contribution < -0.4 is 20.4 Å². The van der Waals surface area contributed by atoms with E-state index in [0.29, 0.717) is 24.3 Å². The number of para-hydroxylation sites is 2. The third-order valence-corrected chi connectivity index (χ3v) is 7.01. The van der Waals surface area contributed by atoms with E-state index < -0.39 is 12.1 Å². The molecule has 3 aromatic rings. The van der Waals surface area contributed by atoms with Gasteiger partial charge in [0.25, 0.3) is 5.91 Å². The fraction of sp³-hybridized carbons (Fsp3) is 0.367. The number of rotatable bonds is 7. The van der Waals surface area contributed by atoms with Crippen molar-refractivity contribution < 1.29 is 14.4 Å². The van der Waals surface area contributed by atoms with Crippen LogP contribution in [0.3, 0.4) is 0 Å². The minimum absolute atomic E-state index is 0.0700. The molecule has 0 saturated heterocycles. The standard InChI is InChI=1S/C30H36N4O3/c1-19(2)16-28(35)33-18-25(32-29(36)21(4)31-5)30(37)34(27-13-9-8-12-26(27)33)17-24-20(3)14-15-22-10-6-7-11-23(22)24/h6-15,19,21,25,31H,16-18H2,1-5H3,(H,32,36). The number of fused-ring (bicyclic) bond motifs is 2. The molecule has 0 saturated carbocycles. The molecule has 4 rings (SSSR count). The summed E-state index contributed by atoms with van der Waals surface area (Å²) in [5.74, 6) is -0.439. The number of amides is 3. The first-order valence-corrected chi connectivity index (χ1v) is 12.9. The smallest absolute Gasteiger partial charge is 0.251 e. The number of carbonyl (C=O) groups excluding carboxylic acids is 3. The molecule has 37 heavy (non-hydrogen) atoms. The van der Waals surface area contributed by atoms with Crippen molar-refractivity contribution in [1.29, 1.82) is 0 Å². The van der Waals surface area contributed by atoms with Crippen molar-refractivity contribution in [3.63, 3.8) is 0 Å². The van der Waals surface area contributed by atoms with Gasteiger partial charge in [-0.2, -0.15) is 0 Å². The lowest BCUT2D eigenvalue weighted by Gasteiger charge is -2.27. The summed E-state index contributed by atoms with van der Waals surface area (Å²) in [6.07, 6.45) is 0.346. The number of aryl methyl sites for hydroxylation is 1. The number of likely N-dealkylation sites (N-methyl/N-ethyl adjacent to an activating group) is 1. The van der Waals surface area contributed by atoms with Crippen LogP contribution in [-0.2, 0) is 20.9 Å². The number of anilines is 2. The molecule has 3 aromatic carbocycles. The molecule has 0 aromatic heterocycles. The van der Waals surface area contributed by atoms with Crippen LogP contribution in [0.2, 0.25) is 0 Å². The van der Waals surface area contributed by atoms with Gasteiger partial charge in [0.2, 0.25) is 11.8 Å². The Balaban J connectivity index is 1.83. The van der Waals surface area contributed by atoms with E-state index >= 15 is 0 Å². The third kappa shape index (κ3) is 5.52. The Bertz CT molecular complexity index is 1320. The van der Waals surface area contributed by atoms with Crippen LogP contribution in [0.5, 0.6) is 0 Å². The van der Waals surface area contributed by atoms with E-state index in [9.17, 15) is 14.4 Å². The predicted molar refractivity (Wildman–Crippen MR) is 149 cm³/mol. The molecule has 2 atom stereocenters. The average Bonchev–Trinajstić information content (AvgIpc) is 2.99. The number of nitrogens with zero attached hydrogens (tertiary/aromatic N) is 2. The summed E-state index contributed by atoms with van der Waals surface area (Å²) >= 11 is 0. The quantitative estimate of drug-likeness (QED) is 0.510. The Labute approximate surface area is 218 Å². The molecule has 3 amide bonds. The zero-order chi connectivity index (χ0) is 26.7. The molecular weight excluding hydrogens is 464 g/mol. The second-order valence-electron chi connectivity index (χ2n) is 10.2. The van der Waals surface area contributed by atoms with Gasteiger partial charge in [-0.05, 0) is 60.8 Å². The van der Waals surface area contributed by atoms with Crippen molar-refractivity contribution in [2.75, 3.05) is 23.4 Å². The highest BCUT2D eigenvalue weighted by molar-refractivity contribution is 6.08. The monoisotopic (exact) mass is 500 g/mol. The number of hydrogen-bond acceptors (Lipinski definition) is 4. The first-order valence-electron chi connectivity index (χ1n) is 12.9. The molecule has 0 radical (unpaired) electrons. The molecule has 194 valence electrons. The molecule has 0 fully saturated rings. The van der Waals surface area contributed by atoms with E-state index in [0.717, 1.165) is 21.9 Å². The van der Waals surface area contributed by atoms with E-state index in [1.54, 1.807) is 23.8 Å². The molecule has 7 heteroatoms. The van der Waals surface area contributed by atoms with Gasteiger partial charge in [0.1, 0.15) is 6.04 Å². The summed E-state index contributed by atoms with van der Waals surface area (Å²) in [6, 6.07) is 18.4. The van der Waals surface area contributed by atoms with E-state index in [2.05, 4.69) is 34.9 Å². The van der Waals surface area contributed by atoms with Gasteiger partial charge < -0.3 is 20.4 Å². The molecule has 1 heterocycles. The van der Waals surface area contributed by atoms with Gasteiger partial charge in [0.15, 0.2) is 0 Å². The van der Waals surface area contributed by atoms with Crippen LogP contribution in [0.15, 0.2) is 60.7 Å². The molecule has 0 aliphatic carbocycles. The van der Waals surface area contributed by atoms with Gasteiger partial charge in [0, 0.05) is 6.42 Å². The second-order valence-corrected chi connectivity index (χ2v) is 10.2. The Hall–Kier alpha value is -3.71. The molecule has 7 nitrogen and oxygen atoms in total. The lowest BCUT2D eigenvalue weighted by Crippen LogP contribution is -2.55. The summed E-state index contributed by atoms with van der Waals surface area (Å²) in [5.41, 5.74) is 3.45. The Kier molecular flexibility index (Phi) is 7.93. The SMILES string of the molecule is CNC(C)C(=O)NC1CN(C(=O)CC(C)C)c2ccccc2N(Cc2c(C)ccc3ccccc23)C1=O. The van der Waals surface area contributed by atoms with Crippen molar-refractivity contribution in [1.82, 2.24) is 10.6 Å². The van der Waals surface area contributed by atoms with Crippen LogP contribution >= 0.6 is 0 Å². The number of benzene rings is 3. The van der Waals surface area contributed by atoms with Gasteiger partial charge >= 0.3 is 0 Å². The number of hydrogen-bond donors (Lipinski definition) is 2. The summed E-state index contributed by atoms with van der Waals surface area (Å²) < 4.78 is 0. The van der Waals surface area contributed by atoms with Crippen molar-refractivity contribution in [2.24, 2.45) is 5.92 Å². The maximum absolute atomic E-state index is 14.1. The highest BCUT2D eigenvalue weighted by Crippen LogP contribution is 2.36. The largest absolute Gasteiger partial charge is 0.341 e. The van der Waals surface area contributed by atoms with Crippen LogP contribution in [0.25, 0.3) is 10.8 Å². The van der Waals surface area contributed by atoms with Crippen molar-refractivity contribution in [3.05, 3.63) is 71.8 Å². The normalized spacial score (nSPS) is 16.5. The molecule has 1 aliphatic rings. The highest BCUT2D eigenvalue weighted by atomic mass is 16.2. The first kappa shape index (κ1) is 26.4. The molecular formula is C30H36N4O3. The minimum atomic E-state index is -0.887. The fourth-order valence-electron chi connectivity index (χ4n) is 4.79. The Morgan fingerprint density at radius 1 is 0.973 bits per heavy atom. The summed E-state index contributed by atoms with van der Waals surface area (Å²) in [5, 5.41) is 8.01. The molecule has 0 bridgehead atoms. The molecule has 0 spiro atoms. The second kappa shape index (κ2) is 11.1. The number of nitrogens with one attached hydrogen (secondary N) is 2. The zero-order valence-corrected chi connectivity index (χ0v) is 22.2. The maximum Gasteiger partial charge on any atom is 0.251 e. The molecule has 2 N–H and O–H groups in total. The zero-order valence-electron chi connectivity index (χ0n) is 22.2. The van der Waals surface area contributed by atoms with E-state index in [-0.39, 0.29) is 30.2 Å². The van der Waals surface area contributed by atoms with Gasteiger partial charge in [-0.3, -0.25) is 14.4 Å². The molecule has 2 unspecified atom stereocenters. The maximum atomic E-state index is 14.1. The summed E-state index contributed by atoms with van der Waals surface area (Å²) in [4.78, 5) is 43.8. The molecule has 1 aliphatic heterocycles. The van der Waals surface area contributed by atoms with Crippen molar-refractivity contribution in [3.8, 4) is 0 Å². The van der Waals surface area contributed by atoms with Gasteiger partial charge in [-0.1, -0.05) is 62.4 Å². The Morgan fingerprint density at radius 3 is 2.35 bits per heavy atom. The van der Waals surface area contributed by atoms with E-state index in [1.165, 1.54) is 0 Å². The van der Waals surface area contributed by atoms with Crippen LogP contribution in [-0.4, -0.2) is 43.4 Å². The van der Waals surface area contributed by atoms with Crippen LogP contribution in [0.4, 0.5) is 11.4 Å². The van der Waals surface area contributed by atoms with E-state index in [1.807, 2.05) is 57.2 Å². The third-order valence-electron chi connectivity index (χ3n) is 7.01. The van der Waals surface area contributed by atoms with Crippen molar-refractivity contribution in [2.45, 2.75) is 52.7 Å². The predicted octanol–water partition coefficient (Wildman–Crippen LogP) is 4.17. The van der Waals surface area contributed by atoms with Crippen LogP contribution in [0.1, 0.15) is 38.3 Å². The van der Waals surface area contributed by atoms with Gasteiger partial charge in [-0.15, -0.1) is 0 Å². The highest BCUT2D eigenvalue weighted by Gasteiger charge is 2.37. The first-order chi connectivity index (χ1) is 17.7. The fourth-order valence-corrected chi connectivity index (χ4v) is 4.79. The minimum Gasteiger partial charge on any atom is -0.341 e. The lowest BCUT2D eigenvalue weighted by atomic mass is 9.99. The van der Waals surface area contributed by atoms with Gasteiger partial charge in [-0.25, -0.2) is 0 Å². The van der Waals surface area contributed by atoms with Crippen molar-refractivity contribution >= 4 is 39.9 Å². The average molecular weight is 501 g/mol.